The molecule has 2 aromatic carbocycles. The quantitative estimate of drug-likeness (QED) is 0.220. The number of halogens is 2. The fourth-order valence-electron chi connectivity index (χ4n) is 3.37. The summed E-state index contributed by atoms with van der Waals surface area (Å²) in [5.74, 6) is 0.395. The monoisotopic (exact) mass is 434 g/mol. The fraction of sp³-hybridized carbons (Fsp3) is 0.480. The standard InChI is InChI=1S/C25H32Cl2O2/c1-2-3-4-5-6-7-8-9-10-13-18-29-24-17-16-20(26)19-22(24)25(28)21-14-11-12-15-23(21)27/h11-12,14-17,19H,2-10,13,18H2,1H3. The minimum atomic E-state index is -0.170. The first kappa shape index (κ1) is 23.8. The highest BCUT2D eigenvalue weighted by atomic mass is 35.5. The number of ketones is 1. The van der Waals surface area contributed by atoms with E-state index in [9.17, 15) is 4.79 Å². The molecule has 2 rings (SSSR count). The minimum Gasteiger partial charge on any atom is -0.493 e. The highest BCUT2D eigenvalue weighted by molar-refractivity contribution is 6.35. The second-order valence-electron chi connectivity index (χ2n) is 7.48. The molecule has 158 valence electrons. The molecule has 0 saturated carbocycles. The van der Waals surface area contributed by atoms with E-state index in [4.69, 9.17) is 27.9 Å². The molecule has 4 heteroatoms. The fourth-order valence-corrected chi connectivity index (χ4v) is 3.76. The van der Waals surface area contributed by atoms with Crippen molar-refractivity contribution in [2.24, 2.45) is 0 Å². The third-order valence-electron chi connectivity index (χ3n) is 5.06. The minimum absolute atomic E-state index is 0.170. The number of carbonyl (C=O) groups excluding carboxylic acids is 1. The van der Waals surface area contributed by atoms with Crippen LogP contribution < -0.4 is 4.74 Å². The van der Waals surface area contributed by atoms with Crippen LogP contribution in [0.1, 0.15) is 87.1 Å². The van der Waals surface area contributed by atoms with Crippen LogP contribution in [-0.2, 0) is 0 Å². The van der Waals surface area contributed by atoms with Gasteiger partial charge >= 0.3 is 0 Å². The van der Waals surface area contributed by atoms with Gasteiger partial charge in [0, 0.05) is 10.6 Å². The number of unbranched alkanes of at least 4 members (excludes halogenated alkanes) is 9. The van der Waals surface area contributed by atoms with Crippen LogP contribution in [0.25, 0.3) is 0 Å². The van der Waals surface area contributed by atoms with E-state index in [-0.39, 0.29) is 5.78 Å². The van der Waals surface area contributed by atoms with Crippen molar-refractivity contribution in [3.8, 4) is 5.75 Å². The lowest BCUT2D eigenvalue weighted by Gasteiger charge is -2.12. The zero-order valence-corrected chi connectivity index (χ0v) is 18.9. The van der Waals surface area contributed by atoms with Gasteiger partial charge in [0.25, 0.3) is 0 Å². The Bertz CT molecular complexity index is 758. The third-order valence-corrected chi connectivity index (χ3v) is 5.62. The van der Waals surface area contributed by atoms with Crippen molar-refractivity contribution < 1.29 is 9.53 Å². The van der Waals surface area contributed by atoms with Crippen molar-refractivity contribution in [2.45, 2.75) is 71.1 Å². The van der Waals surface area contributed by atoms with Crippen LogP contribution in [0.5, 0.6) is 5.75 Å². The van der Waals surface area contributed by atoms with Crippen LogP contribution in [0, 0.1) is 0 Å². The van der Waals surface area contributed by atoms with Gasteiger partial charge in [0.1, 0.15) is 5.75 Å². The third kappa shape index (κ3) is 8.40. The second-order valence-corrected chi connectivity index (χ2v) is 8.32. The molecule has 0 radical (unpaired) electrons. The predicted octanol–water partition coefficient (Wildman–Crippen LogP) is 8.52. The van der Waals surface area contributed by atoms with Gasteiger partial charge in [0.15, 0.2) is 5.78 Å². The first-order chi connectivity index (χ1) is 14.1. The molecule has 0 saturated heterocycles. The Balaban J connectivity index is 1.77. The molecular weight excluding hydrogens is 403 g/mol. The molecule has 0 heterocycles. The van der Waals surface area contributed by atoms with E-state index in [0.29, 0.717) is 33.5 Å². The first-order valence-electron chi connectivity index (χ1n) is 10.8. The summed E-state index contributed by atoms with van der Waals surface area (Å²) < 4.78 is 5.92. The van der Waals surface area contributed by atoms with E-state index in [0.717, 1.165) is 12.8 Å². The van der Waals surface area contributed by atoms with Gasteiger partial charge in [-0.2, -0.15) is 0 Å². The summed E-state index contributed by atoms with van der Waals surface area (Å²) in [6.07, 6.45) is 12.8. The first-order valence-corrected chi connectivity index (χ1v) is 11.6. The van der Waals surface area contributed by atoms with E-state index < -0.39 is 0 Å². The van der Waals surface area contributed by atoms with Crippen LogP contribution in [0.15, 0.2) is 42.5 Å². The van der Waals surface area contributed by atoms with Crippen LogP contribution in [0.4, 0.5) is 0 Å². The average Bonchev–Trinajstić information content (AvgIpc) is 2.72. The molecule has 29 heavy (non-hydrogen) atoms. The zero-order valence-electron chi connectivity index (χ0n) is 17.4. The van der Waals surface area contributed by atoms with Crippen molar-refractivity contribution in [3.05, 3.63) is 63.6 Å². The summed E-state index contributed by atoms with van der Waals surface area (Å²) in [6.45, 7) is 2.85. The number of carbonyl (C=O) groups is 1. The van der Waals surface area contributed by atoms with Crippen molar-refractivity contribution in [1.82, 2.24) is 0 Å². The van der Waals surface area contributed by atoms with Gasteiger partial charge in [-0.3, -0.25) is 4.79 Å². The van der Waals surface area contributed by atoms with Crippen LogP contribution in [-0.4, -0.2) is 12.4 Å². The molecule has 0 amide bonds. The molecule has 0 N–H and O–H groups in total. The van der Waals surface area contributed by atoms with Gasteiger partial charge in [-0.1, -0.05) is 100 Å². The topological polar surface area (TPSA) is 26.3 Å². The molecule has 0 fully saturated rings. The molecule has 0 aliphatic rings. The van der Waals surface area contributed by atoms with E-state index >= 15 is 0 Å². The number of benzene rings is 2. The van der Waals surface area contributed by atoms with Gasteiger partial charge in [0.2, 0.25) is 0 Å². The van der Waals surface area contributed by atoms with E-state index in [1.807, 2.05) is 0 Å². The Morgan fingerprint density at radius 1 is 0.793 bits per heavy atom. The Kier molecular flexibility index (Phi) is 11.2. The van der Waals surface area contributed by atoms with Gasteiger partial charge < -0.3 is 4.74 Å². The molecule has 0 spiro atoms. The lowest BCUT2D eigenvalue weighted by atomic mass is 10.0. The largest absolute Gasteiger partial charge is 0.493 e. The van der Waals surface area contributed by atoms with Crippen molar-refractivity contribution >= 4 is 29.0 Å². The highest BCUT2D eigenvalue weighted by Crippen LogP contribution is 2.28. The van der Waals surface area contributed by atoms with Gasteiger partial charge in [0.05, 0.1) is 17.2 Å². The number of hydrogen-bond donors (Lipinski definition) is 0. The number of ether oxygens (including phenoxy) is 1. The van der Waals surface area contributed by atoms with E-state index in [2.05, 4.69) is 6.92 Å². The molecule has 0 aliphatic carbocycles. The number of rotatable bonds is 14. The smallest absolute Gasteiger partial charge is 0.198 e. The summed E-state index contributed by atoms with van der Waals surface area (Å²) in [6, 6.07) is 12.2. The normalized spacial score (nSPS) is 10.9. The van der Waals surface area contributed by atoms with Crippen LogP contribution in [0.2, 0.25) is 10.0 Å². The predicted molar refractivity (Wildman–Crippen MR) is 124 cm³/mol. The SMILES string of the molecule is CCCCCCCCCCCCOc1ccc(Cl)cc1C(=O)c1ccccc1Cl. The molecule has 0 bridgehead atoms. The van der Waals surface area contributed by atoms with E-state index in [1.165, 1.54) is 51.4 Å². The van der Waals surface area contributed by atoms with Crippen molar-refractivity contribution in [1.29, 1.82) is 0 Å². The summed E-state index contributed by atoms with van der Waals surface area (Å²) in [4.78, 5) is 12.9. The molecule has 0 atom stereocenters. The Hall–Kier alpha value is -1.51. The Morgan fingerprint density at radius 3 is 2.07 bits per heavy atom. The lowest BCUT2D eigenvalue weighted by Crippen LogP contribution is -2.07. The lowest BCUT2D eigenvalue weighted by molar-refractivity contribution is 0.103. The van der Waals surface area contributed by atoms with Crippen molar-refractivity contribution in [3.63, 3.8) is 0 Å². The summed E-state index contributed by atoms with van der Waals surface area (Å²) in [7, 11) is 0. The van der Waals surface area contributed by atoms with E-state index in [1.54, 1.807) is 42.5 Å². The van der Waals surface area contributed by atoms with Gasteiger partial charge in [-0.25, -0.2) is 0 Å². The summed E-state index contributed by atoms with van der Waals surface area (Å²) in [5, 5.41) is 0.935. The van der Waals surface area contributed by atoms with Gasteiger partial charge in [-0.05, 0) is 36.8 Å². The average molecular weight is 435 g/mol. The molecule has 2 aromatic rings. The molecular formula is C25H32Cl2O2. The maximum absolute atomic E-state index is 12.9. The van der Waals surface area contributed by atoms with Crippen molar-refractivity contribution in [2.75, 3.05) is 6.61 Å². The Labute approximate surface area is 185 Å². The molecule has 0 aliphatic heterocycles. The summed E-state index contributed by atoms with van der Waals surface area (Å²) >= 11 is 12.3. The maximum Gasteiger partial charge on any atom is 0.198 e. The molecule has 0 aromatic heterocycles. The molecule has 2 nitrogen and oxygen atoms in total. The highest BCUT2D eigenvalue weighted by Gasteiger charge is 2.17. The second kappa shape index (κ2) is 13.7. The van der Waals surface area contributed by atoms with Gasteiger partial charge in [-0.15, -0.1) is 0 Å². The maximum atomic E-state index is 12.9. The number of hydrogen-bond acceptors (Lipinski definition) is 2. The van der Waals surface area contributed by atoms with Crippen LogP contribution >= 0.6 is 23.2 Å². The molecule has 0 unspecified atom stereocenters. The zero-order chi connectivity index (χ0) is 20.9. The Morgan fingerprint density at radius 2 is 1.41 bits per heavy atom. The van der Waals surface area contributed by atoms with Crippen LogP contribution in [0.3, 0.4) is 0 Å². The summed E-state index contributed by atoms with van der Waals surface area (Å²) in [5.41, 5.74) is 0.915.